The Bertz CT molecular complexity index is 615. The van der Waals surface area contributed by atoms with E-state index in [1.54, 1.807) is 18.2 Å². The Morgan fingerprint density at radius 3 is 2.85 bits per heavy atom. The van der Waals surface area contributed by atoms with E-state index in [0.717, 1.165) is 0 Å². The van der Waals surface area contributed by atoms with Crippen molar-refractivity contribution in [2.45, 2.75) is 18.9 Å². The van der Waals surface area contributed by atoms with Gasteiger partial charge in [0.15, 0.2) is 9.84 Å². The number of benzene rings is 1. The molecule has 0 radical (unpaired) electrons. The highest BCUT2D eigenvalue weighted by molar-refractivity contribution is 7.91. The molecule has 1 heterocycles. The van der Waals surface area contributed by atoms with Crippen molar-refractivity contribution in [3.63, 3.8) is 0 Å². The number of hydrogen-bond donors (Lipinski definition) is 1. The second-order valence-electron chi connectivity index (χ2n) is 4.80. The summed E-state index contributed by atoms with van der Waals surface area (Å²) in [6.07, 6.45) is 0.584. The predicted octanol–water partition coefficient (Wildman–Crippen LogP) is 1.19. The first-order chi connectivity index (χ1) is 9.39. The van der Waals surface area contributed by atoms with Crippen LogP contribution in [0.1, 0.15) is 12.0 Å². The van der Waals surface area contributed by atoms with Crippen LogP contribution < -0.4 is 10.1 Å². The Hall–Kier alpha value is -1.27. The van der Waals surface area contributed by atoms with Crippen LogP contribution in [-0.2, 0) is 21.1 Å². The second-order valence-corrected chi connectivity index (χ2v) is 7.47. The third-order valence-corrected chi connectivity index (χ3v) is 5.19. The third-order valence-electron chi connectivity index (χ3n) is 3.19. The average Bonchev–Trinajstić information content (AvgIpc) is 2.68. The van der Waals surface area contributed by atoms with Gasteiger partial charge >= 0.3 is 0 Å². The number of nitrogens with one attached hydrogen (secondary N) is 1. The number of hydrogen-bond acceptors (Lipinski definition) is 4. The smallest absolute Gasteiger partial charge is 0.224 e. The predicted molar refractivity (Wildman–Crippen MR) is 76.9 cm³/mol. The molecule has 7 heteroatoms. The van der Waals surface area contributed by atoms with Gasteiger partial charge in [-0.2, -0.15) is 0 Å². The van der Waals surface area contributed by atoms with Gasteiger partial charge in [0.1, 0.15) is 5.75 Å². The van der Waals surface area contributed by atoms with E-state index in [4.69, 9.17) is 16.3 Å². The van der Waals surface area contributed by atoms with Gasteiger partial charge in [0, 0.05) is 16.6 Å². The summed E-state index contributed by atoms with van der Waals surface area (Å²) in [6, 6.07) is 4.76. The number of methoxy groups -OCH3 is 1. The van der Waals surface area contributed by atoms with Crippen molar-refractivity contribution in [3.05, 3.63) is 28.8 Å². The quantitative estimate of drug-likeness (QED) is 0.905. The van der Waals surface area contributed by atoms with Crippen LogP contribution >= 0.6 is 11.6 Å². The summed E-state index contributed by atoms with van der Waals surface area (Å²) in [7, 11) is -1.47. The molecule has 2 rings (SSSR count). The molecular formula is C13H16ClNO4S. The van der Waals surface area contributed by atoms with Crippen LogP contribution in [0.3, 0.4) is 0 Å². The van der Waals surface area contributed by atoms with E-state index in [1.807, 2.05) is 0 Å². The zero-order chi connectivity index (χ0) is 14.8. The minimum Gasteiger partial charge on any atom is -0.496 e. The van der Waals surface area contributed by atoms with Crippen LogP contribution in [0.25, 0.3) is 0 Å². The van der Waals surface area contributed by atoms with E-state index in [9.17, 15) is 13.2 Å². The van der Waals surface area contributed by atoms with E-state index < -0.39 is 9.84 Å². The lowest BCUT2D eigenvalue weighted by Crippen LogP contribution is -2.36. The summed E-state index contributed by atoms with van der Waals surface area (Å²) >= 11 is 5.90. The van der Waals surface area contributed by atoms with Gasteiger partial charge in [0.25, 0.3) is 0 Å². The fourth-order valence-corrected chi connectivity index (χ4v) is 4.11. The van der Waals surface area contributed by atoms with E-state index in [1.165, 1.54) is 7.11 Å². The molecule has 0 bridgehead atoms. The second kappa shape index (κ2) is 6.01. The Balaban J connectivity index is 2.00. The zero-order valence-electron chi connectivity index (χ0n) is 11.1. The Kier molecular flexibility index (Phi) is 4.55. The van der Waals surface area contributed by atoms with Crippen molar-refractivity contribution < 1.29 is 17.9 Å². The molecule has 1 aliphatic heterocycles. The molecule has 110 valence electrons. The Morgan fingerprint density at radius 2 is 2.25 bits per heavy atom. The molecule has 20 heavy (non-hydrogen) atoms. The van der Waals surface area contributed by atoms with Crippen LogP contribution in [0.15, 0.2) is 18.2 Å². The van der Waals surface area contributed by atoms with E-state index in [2.05, 4.69) is 5.32 Å². The van der Waals surface area contributed by atoms with Gasteiger partial charge in [-0.3, -0.25) is 4.79 Å². The number of amides is 1. The summed E-state index contributed by atoms with van der Waals surface area (Å²) in [5.74, 6) is 0.514. The molecule has 1 aliphatic rings. The highest BCUT2D eigenvalue weighted by Gasteiger charge is 2.28. The van der Waals surface area contributed by atoms with Crippen molar-refractivity contribution >= 4 is 27.3 Å². The third kappa shape index (κ3) is 3.86. The fourth-order valence-electron chi connectivity index (χ4n) is 2.25. The highest BCUT2D eigenvalue weighted by Crippen LogP contribution is 2.23. The maximum absolute atomic E-state index is 12.0. The summed E-state index contributed by atoms with van der Waals surface area (Å²) in [6.45, 7) is 0. The highest BCUT2D eigenvalue weighted by atomic mass is 35.5. The molecule has 0 spiro atoms. The summed E-state index contributed by atoms with van der Waals surface area (Å²) < 4.78 is 27.8. The monoisotopic (exact) mass is 317 g/mol. The van der Waals surface area contributed by atoms with Crippen LogP contribution in [0.5, 0.6) is 5.75 Å². The first kappa shape index (κ1) is 15.1. The molecule has 5 nitrogen and oxygen atoms in total. The summed E-state index contributed by atoms with van der Waals surface area (Å²) in [4.78, 5) is 12.0. The van der Waals surface area contributed by atoms with Crippen molar-refractivity contribution in [1.29, 1.82) is 0 Å². The zero-order valence-corrected chi connectivity index (χ0v) is 12.6. The standard InChI is InChI=1S/C13H16ClNO4S/c1-19-12-3-2-10(14)6-9(12)7-13(16)15-11-4-5-20(17,18)8-11/h2-3,6,11H,4-5,7-8H2,1H3,(H,15,16). The molecule has 1 amide bonds. The molecule has 1 saturated heterocycles. The number of carbonyl (C=O) groups excluding carboxylic acids is 1. The van der Waals surface area contributed by atoms with Gasteiger partial charge in [-0.05, 0) is 24.6 Å². The van der Waals surface area contributed by atoms with Crippen LogP contribution in [0.2, 0.25) is 5.02 Å². The van der Waals surface area contributed by atoms with Gasteiger partial charge < -0.3 is 10.1 Å². The maximum Gasteiger partial charge on any atom is 0.224 e. The molecule has 1 N–H and O–H groups in total. The Morgan fingerprint density at radius 1 is 1.50 bits per heavy atom. The SMILES string of the molecule is COc1ccc(Cl)cc1CC(=O)NC1CCS(=O)(=O)C1. The molecule has 0 saturated carbocycles. The first-order valence-electron chi connectivity index (χ1n) is 6.22. The van der Waals surface area contributed by atoms with Crippen LogP contribution in [-0.4, -0.2) is 39.0 Å². The van der Waals surface area contributed by atoms with Gasteiger partial charge in [-0.15, -0.1) is 0 Å². The largest absolute Gasteiger partial charge is 0.496 e. The molecule has 0 aromatic heterocycles. The average molecular weight is 318 g/mol. The molecule has 1 fully saturated rings. The van der Waals surface area contributed by atoms with Crippen molar-refractivity contribution in [3.8, 4) is 5.75 Å². The van der Waals surface area contributed by atoms with Crippen molar-refractivity contribution in [2.24, 2.45) is 0 Å². The lowest BCUT2D eigenvalue weighted by Gasteiger charge is -2.12. The minimum absolute atomic E-state index is 0.0193. The van der Waals surface area contributed by atoms with Gasteiger partial charge in [-0.25, -0.2) is 8.42 Å². The van der Waals surface area contributed by atoms with E-state index in [0.29, 0.717) is 22.8 Å². The minimum atomic E-state index is -2.99. The molecule has 0 aliphatic carbocycles. The molecular weight excluding hydrogens is 302 g/mol. The first-order valence-corrected chi connectivity index (χ1v) is 8.42. The van der Waals surface area contributed by atoms with Gasteiger partial charge in [0.05, 0.1) is 25.0 Å². The molecule has 1 aromatic rings. The fraction of sp³-hybridized carbons (Fsp3) is 0.462. The Labute approximate surface area is 123 Å². The van der Waals surface area contributed by atoms with Crippen LogP contribution in [0, 0.1) is 0 Å². The van der Waals surface area contributed by atoms with Crippen molar-refractivity contribution in [1.82, 2.24) is 5.32 Å². The van der Waals surface area contributed by atoms with E-state index in [-0.39, 0.29) is 29.9 Å². The summed E-state index contributed by atoms with van der Waals surface area (Å²) in [5, 5.41) is 3.26. The van der Waals surface area contributed by atoms with E-state index >= 15 is 0 Å². The number of ether oxygens (including phenoxy) is 1. The lowest BCUT2D eigenvalue weighted by atomic mass is 10.1. The van der Waals surface area contributed by atoms with Crippen molar-refractivity contribution in [2.75, 3.05) is 18.6 Å². The number of halogens is 1. The molecule has 1 atom stereocenters. The van der Waals surface area contributed by atoms with Gasteiger partial charge in [0.2, 0.25) is 5.91 Å². The number of sulfone groups is 1. The molecule has 1 aromatic carbocycles. The number of rotatable bonds is 4. The summed E-state index contributed by atoms with van der Waals surface area (Å²) in [5.41, 5.74) is 0.679. The topological polar surface area (TPSA) is 72.5 Å². The molecule has 1 unspecified atom stereocenters. The normalized spacial score (nSPS) is 20.6. The number of carbonyl (C=O) groups is 1. The maximum atomic E-state index is 12.0. The van der Waals surface area contributed by atoms with Gasteiger partial charge in [-0.1, -0.05) is 11.6 Å². The lowest BCUT2D eigenvalue weighted by molar-refractivity contribution is -0.121. The van der Waals surface area contributed by atoms with Crippen LogP contribution in [0.4, 0.5) is 0 Å².